The Hall–Kier alpha value is -0.790. The van der Waals surface area contributed by atoms with Crippen LogP contribution in [-0.4, -0.2) is 20.5 Å². The number of rotatable bonds is 4. The van der Waals surface area contributed by atoms with Crippen molar-refractivity contribution >= 4 is 11.8 Å². The van der Waals surface area contributed by atoms with Gasteiger partial charge in [-0.15, -0.1) is 11.8 Å². The molecule has 0 radical (unpaired) electrons. The summed E-state index contributed by atoms with van der Waals surface area (Å²) in [4.78, 5) is -0.0713. The molecule has 0 aliphatic rings. The van der Waals surface area contributed by atoms with Gasteiger partial charge in [0.1, 0.15) is 5.82 Å². The van der Waals surface area contributed by atoms with Gasteiger partial charge in [-0.1, -0.05) is 0 Å². The predicted molar refractivity (Wildman–Crippen MR) is 59.9 cm³/mol. The summed E-state index contributed by atoms with van der Waals surface area (Å²) < 4.78 is 62.2. The van der Waals surface area contributed by atoms with E-state index >= 15 is 0 Å². The van der Waals surface area contributed by atoms with Crippen molar-refractivity contribution in [3.8, 4) is 0 Å². The van der Waals surface area contributed by atoms with Gasteiger partial charge in [-0.2, -0.15) is 13.2 Å². The van der Waals surface area contributed by atoms with Gasteiger partial charge in [0.15, 0.2) is 6.29 Å². The minimum atomic E-state index is -4.68. The van der Waals surface area contributed by atoms with Crippen LogP contribution in [0, 0.1) is 5.82 Å². The van der Waals surface area contributed by atoms with E-state index in [1.165, 1.54) is 6.26 Å². The molecule has 0 N–H and O–H groups in total. The second-order valence-electron chi connectivity index (χ2n) is 3.34. The van der Waals surface area contributed by atoms with Crippen LogP contribution < -0.4 is 0 Å². The third-order valence-electron chi connectivity index (χ3n) is 2.32. The fourth-order valence-electron chi connectivity index (χ4n) is 1.60. The Bertz CT molecular complexity index is 416. The molecule has 1 rings (SSSR count). The molecule has 18 heavy (non-hydrogen) atoms. The van der Waals surface area contributed by atoms with Gasteiger partial charge in [-0.25, -0.2) is 4.39 Å². The van der Waals surface area contributed by atoms with Crippen LogP contribution in [0.3, 0.4) is 0 Å². The average Bonchev–Trinajstić information content (AvgIpc) is 2.31. The van der Waals surface area contributed by atoms with Gasteiger partial charge in [0.25, 0.3) is 0 Å². The van der Waals surface area contributed by atoms with Crippen molar-refractivity contribution in [3.63, 3.8) is 0 Å². The van der Waals surface area contributed by atoms with E-state index < -0.39 is 29.4 Å². The van der Waals surface area contributed by atoms with E-state index in [1.54, 1.807) is 0 Å². The second kappa shape index (κ2) is 5.90. The van der Waals surface area contributed by atoms with Gasteiger partial charge in [-0.05, 0) is 18.4 Å². The van der Waals surface area contributed by atoms with Crippen LogP contribution in [0.25, 0.3) is 0 Å². The summed E-state index contributed by atoms with van der Waals surface area (Å²) in [7, 11) is 2.30. The molecule has 0 saturated carbocycles. The Morgan fingerprint density at radius 3 is 2.11 bits per heavy atom. The smallest absolute Gasteiger partial charge is 0.352 e. The molecular weight excluding hydrogens is 272 g/mol. The Morgan fingerprint density at radius 2 is 1.72 bits per heavy atom. The molecule has 1 aromatic rings. The van der Waals surface area contributed by atoms with Gasteiger partial charge in [-0.3, -0.25) is 0 Å². The summed E-state index contributed by atoms with van der Waals surface area (Å²) in [6, 6.07) is 2.07. The summed E-state index contributed by atoms with van der Waals surface area (Å²) in [6.45, 7) is 0. The number of thioether (sulfide) groups is 1. The van der Waals surface area contributed by atoms with E-state index in [-0.39, 0.29) is 4.90 Å². The molecule has 0 heterocycles. The molecule has 2 nitrogen and oxygen atoms in total. The molecule has 0 aromatic heterocycles. The zero-order valence-electron chi connectivity index (χ0n) is 9.97. The highest BCUT2D eigenvalue weighted by Gasteiger charge is 2.39. The first-order valence-electron chi connectivity index (χ1n) is 4.86. The largest absolute Gasteiger partial charge is 0.418 e. The maximum Gasteiger partial charge on any atom is 0.418 e. The summed E-state index contributed by atoms with van der Waals surface area (Å²) in [5.41, 5.74) is -1.68. The van der Waals surface area contributed by atoms with Crippen LogP contribution in [0.1, 0.15) is 17.4 Å². The highest BCUT2D eigenvalue weighted by molar-refractivity contribution is 7.98. The molecule has 0 amide bonds. The lowest BCUT2D eigenvalue weighted by Gasteiger charge is -2.21. The summed E-state index contributed by atoms with van der Waals surface area (Å²) in [6.07, 6.45) is -4.58. The number of benzene rings is 1. The van der Waals surface area contributed by atoms with Gasteiger partial charge in [0.2, 0.25) is 0 Å². The monoisotopic (exact) mass is 284 g/mol. The minimum absolute atomic E-state index is 0.0713. The third-order valence-corrected chi connectivity index (χ3v) is 3.10. The normalized spacial score (nSPS) is 12.2. The molecule has 102 valence electrons. The van der Waals surface area contributed by atoms with E-state index in [4.69, 9.17) is 9.47 Å². The quantitative estimate of drug-likeness (QED) is 0.475. The maximum absolute atomic E-state index is 13.7. The van der Waals surface area contributed by atoms with Gasteiger partial charge in [0, 0.05) is 19.1 Å². The molecule has 0 atom stereocenters. The molecule has 0 saturated heterocycles. The summed E-state index contributed by atoms with van der Waals surface area (Å²) in [5.74, 6) is -1.01. The van der Waals surface area contributed by atoms with Crippen LogP contribution in [0.5, 0.6) is 0 Å². The summed E-state index contributed by atoms with van der Waals surface area (Å²) in [5, 5.41) is 0. The Labute approximate surface area is 106 Å². The lowest BCUT2D eigenvalue weighted by Crippen LogP contribution is -2.17. The number of halogens is 4. The Kier molecular flexibility index (Phi) is 5.01. The first-order valence-corrected chi connectivity index (χ1v) is 6.08. The molecule has 1 aromatic carbocycles. The van der Waals surface area contributed by atoms with Gasteiger partial charge < -0.3 is 9.47 Å². The van der Waals surface area contributed by atoms with Gasteiger partial charge in [0.05, 0.1) is 11.1 Å². The van der Waals surface area contributed by atoms with Crippen LogP contribution in [0.2, 0.25) is 0 Å². The SMILES string of the molecule is COC(OC)c1c(F)ccc(SC)c1C(F)(F)F. The zero-order chi connectivity index (χ0) is 13.9. The average molecular weight is 284 g/mol. The van der Waals surface area contributed by atoms with E-state index in [1.807, 2.05) is 0 Å². The summed E-state index contributed by atoms with van der Waals surface area (Å²) >= 11 is 0.886. The van der Waals surface area contributed by atoms with E-state index in [0.717, 1.165) is 38.1 Å². The lowest BCUT2D eigenvalue weighted by atomic mass is 10.1. The van der Waals surface area contributed by atoms with Crippen LogP contribution >= 0.6 is 11.8 Å². The van der Waals surface area contributed by atoms with Crippen LogP contribution in [0.4, 0.5) is 17.6 Å². The van der Waals surface area contributed by atoms with E-state index in [9.17, 15) is 17.6 Å². The van der Waals surface area contributed by atoms with Gasteiger partial charge >= 0.3 is 6.18 Å². The molecule has 0 bridgehead atoms. The molecule has 0 aliphatic carbocycles. The number of alkyl halides is 3. The van der Waals surface area contributed by atoms with E-state index in [2.05, 4.69) is 0 Å². The number of methoxy groups -OCH3 is 2. The lowest BCUT2D eigenvalue weighted by molar-refractivity contribution is -0.150. The standard InChI is InChI=1S/C11H12F4O2S/c1-16-10(17-2)8-6(12)4-5-7(18-3)9(8)11(13,14)15/h4-5,10H,1-3H3. The molecule has 0 fully saturated rings. The fraction of sp³-hybridized carbons (Fsp3) is 0.455. The van der Waals surface area contributed by atoms with Crippen molar-refractivity contribution in [2.45, 2.75) is 17.4 Å². The zero-order valence-corrected chi connectivity index (χ0v) is 10.8. The molecule has 0 spiro atoms. The molecule has 0 unspecified atom stereocenters. The predicted octanol–water partition coefficient (Wildman–Crippen LogP) is 3.86. The van der Waals surface area contributed by atoms with Crippen molar-refractivity contribution in [1.82, 2.24) is 0 Å². The number of hydrogen-bond acceptors (Lipinski definition) is 3. The molecular formula is C11H12F4O2S. The Balaban J connectivity index is 3.55. The topological polar surface area (TPSA) is 18.5 Å². The fourth-order valence-corrected chi connectivity index (χ4v) is 2.23. The Morgan fingerprint density at radius 1 is 1.17 bits per heavy atom. The maximum atomic E-state index is 13.7. The third kappa shape index (κ3) is 2.96. The molecule has 7 heteroatoms. The highest BCUT2D eigenvalue weighted by atomic mass is 32.2. The highest BCUT2D eigenvalue weighted by Crippen LogP contribution is 2.42. The van der Waals surface area contributed by atoms with Crippen LogP contribution in [-0.2, 0) is 15.7 Å². The number of hydrogen-bond donors (Lipinski definition) is 0. The van der Waals surface area contributed by atoms with Crippen molar-refractivity contribution in [1.29, 1.82) is 0 Å². The van der Waals surface area contributed by atoms with E-state index in [0.29, 0.717) is 0 Å². The van der Waals surface area contributed by atoms with Crippen molar-refractivity contribution in [2.75, 3.05) is 20.5 Å². The second-order valence-corrected chi connectivity index (χ2v) is 4.19. The number of ether oxygens (including phenoxy) is 2. The first kappa shape index (κ1) is 15.3. The molecule has 0 aliphatic heterocycles. The first-order chi connectivity index (χ1) is 8.36. The van der Waals surface area contributed by atoms with Crippen molar-refractivity contribution < 1.29 is 27.0 Å². The van der Waals surface area contributed by atoms with Crippen molar-refractivity contribution in [3.05, 3.63) is 29.1 Å². The minimum Gasteiger partial charge on any atom is -0.352 e. The van der Waals surface area contributed by atoms with Crippen LogP contribution in [0.15, 0.2) is 17.0 Å². The van der Waals surface area contributed by atoms with Crippen molar-refractivity contribution in [2.24, 2.45) is 0 Å².